The summed E-state index contributed by atoms with van der Waals surface area (Å²) in [5.41, 5.74) is 2.05. The van der Waals surface area contributed by atoms with Gasteiger partial charge in [0.25, 0.3) is 0 Å². The van der Waals surface area contributed by atoms with Gasteiger partial charge in [-0.3, -0.25) is 0 Å². The van der Waals surface area contributed by atoms with Gasteiger partial charge in [0.1, 0.15) is 24.7 Å². The molecule has 132 valence electrons. The van der Waals surface area contributed by atoms with Crippen molar-refractivity contribution in [2.75, 3.05) is 13.2 Å². The fraction of sp³-hybridized carbons (Fsp3) is 0.300. The topological polar surface area (TPSA) is 55.4 Å². The highest BCUT2D eigenvalue weighted by Gasteiger charge is 2.46. The molecule has 0 saturated carbocycles. The third-order valence-corrected chi connectivity index (χ3v) is 5.13. The van der Waals surface area contributed by atoms with E-state index in [0.717, 1.165) is 27.6 Å². The number of benzene rings is 2. The molecule has 4 atom stereocenters. The summed E-state index contributed by atoms with van der Waals surface area (Å²) in [6.45, 7) is 8.38. The minimum atomic E-state index is -0.511. The largest absolute Gasteiger partial charge is 0.475 e. The molecule has 2 saturated heterocycles. The first-order chi connectivity index (χ1) is 12.7. The lowest BCUT2D eigenvalue weighted by Gasteiger charge is -2.39. The number of hydrogen-bond donors (Lipinski definition) is 0. The average molecular weight is 352 g/mol. The number of ether oxygens (including phenoxy) is 6. The molecule has 2 fully saturated rings. The van der Waals surface area contributed by atoms with Crippen LogP contribution >= 0.6 is 0 Å². The molecule has 2 aromatic carbocycles. The fourth-order valence-electron chi connectivity index (χ4n) is 3.95. The van der Waals surface area contributed by atoms with Crippen LogP contribution in [0.3, 0.4) is 0 Å². The molecule has 6 heteroatoms. The van der Waals surface area contributed by atoms with Crippen molar-refractivity contribution in [2.24, 2.45) is 0 Å². The summed E-state index contributed by atoms with van der Waals surface area (Å²) in [6.07, 6.45) is -1.62. The summed E-state index contributed by atoms with van der Waals surface area (Å²) in [5.74, 6) is 2.67. The highest BCUT2D eigenvalue weighted by Crippen LogP contribution is 2.56. The third-order valence-electron chi connectivity index (χ3n) is 5.13. The number of hydrogen-bond acceptors (Lipinski definition) is 6. The molecule has 6 rings (SSSR count). The molecular formula is C20H16O6. The summed E-state index contributed by atoms with van der Waals surface area (Å²) < 4.78 is 34.8. The average Bonchev–Trinajstić information content (AvgIpc) is 3.21. The lowest BCUT2D eigenvalue weighted by molar-refractivity contribution is -0.126. The highest BCUT2D eigenvalue weighted by molar-refractivity contribution is 5.96. The van der Waals surface area contributed by atoms with Gasteiger partial charge in [-0.1, -0.05) is 31.4 Å². The van der Waals surface area contributed by atoms with Gasteiger partial charge in [0.2, 0.25) is 12.6 Å². The summed E-state index contributed by atoms with van der Waals surface area (Å²) in [5, 5.41) is 2.12. The zero-order chi connectivity index (χ0) is 17.4. The zero-order valence-corrected chi connectivity index (χ0v) is 13.9. The van der Waals surface area contributed by atoms with Crippen molar-refractivity contribution < 1.29 is 28.4 Å². The first-order valence-electron chi connectivity index (χ1n) is 8.54. The van der Waals surface area contributed by atoms with E-state index >= 15 is 0 Å². The molecule has 0 aromatic heterocycles. The molecule has 0 spiro atoms. The molecule has 0 amide bonds. The van der Waals surface area contributed by atoms with Crippen LogP contribution in [0.1, 0.15) is 23.3 Å². The maximum Gasteiger partial charge on any atom is 0.241 e. The van der Waals surface area contributed by atoms with Gasteiger partial charge in [-0.15, -0.1) is 0 Å². The lowest BCUT2D eigenvalue weighted by Crippen LogP contribution is -2.34. The Balaban J connectivity index is 1.44. The standard InChI is InChI=1S/C20H16O6/c1-9-7-21-19(23-9)17-12-5-3-4-11-13(12)6-14-16(15(11)25-17)26-18(14)20-22-8-10(2)24-20/h3-6,17-20H,1-2,7-8H2. The molecule has 4 aliphatic heterocycles. The molecule has 4 heterocycles. The summed E-state index contributed by atoms with van der Waals surface area (Å²) in [4.78, 5) is 0. The Morgan fingerprint density at radius 3 is 2.04 bits per heavy atom. The molecule has 0 aliphatic carbocycles. The van der Waals surface area contributed by atoms with Crippen LogP contribution in [0.2, 0.25) is 0 Å². The Labute approximate surface area is 149 Å². The Morgan fingerprint density at radius 2 is 1.38 bits per heavy atom. The molecule has 6 nitrogen and oxygen atoms in total. The van der Waals surface area contributed by atoms with E-state index in [-0.39, 0.29) is 12.2 Å². The van der Waals surface area contributed by atoms with Gasteiger partial charge in [0.15, 0.2) is 23.7 Å². The lowest BCUT2D eigenvalue weighted by atomic mass is 9.90. The Morgan fingerprint density at radius 1 is 0.731 bits per heavy atom. The van der Waals surface area contributed by atoms with E-state index in [4.69, 9.17) is 28.4 Å². The van der Waals surface area contributed by atoms with Crippen LogP contribution < -0.4 is 9.47 Å². The van der Waals surface area contributed by atoms with Crippen molar-refractivity contribution in [3.8, 4) is 11.5 Å². The van der Waals surface area contributed by atoms with Gasteiger partial charge in [0, 0.05) is 16.5 Å². The predicted molar refractivity (Wildman–Crippen MR) is 90.6 cm³/mol. The van der Waals surface area contributed by atoms with E-state index in [0.29, 0.717) is 30.5 Å². The molecular weight excluding hydrogens is 336 g/mol. The molecule has 4 aliphatic rings. The van der Waals surface area contributed by atoms with E-state index in [1.54, 1.807) is 0 Å². The van der Waals surface area contributed by atoms with E-state index in [2.05, 4.69) is 19.2 Å². The van der Waals surface area contributed by atoms with E-state index in [1.807, 2.05) is 18.2 Å². The van der Waals surface area contributed by atoms with Crippen molar-refractivity contribution in [3.63, 3.8) is 0 Å². The van der Waals surface area contributed by atoms with Gasteiger partial charge in [-0.2, -0.15) is 0 Å². The van der Waals surface area contributed by atoms with Crippen molar-refractivity contribution in [3.05, 3.63) is 60.1 Å². The fourth-order valence-corrected chi connectivity index (χ4v) is 3.95. The van der Waals surface area contributed by atoms with E-state index in [1.165, 1.54) is 0 Å². The van der Waals surface area contributed by atoms with Crippen molar-refractivity contribution in [1.29, 1.82) is 0 Å². The number of rotatable bonds is 2. The van der Waals surface area contributed by atoms with Gasteiger partial charge in [0.05, 0.1) is 0 Å². The summed E-state index contributed by atoms with van der Waals surface area (Å²) in [7, 11) is 0. The van der Waals surface area contributed by atoms with Crippen LogP contribution in [0.4, 0.5) is 0 Å². The second-order valence-corrected chi connectivity index (χ2v) is 6.82. The molecule has 26 heavy (non-hydrogen) atoms. The monoisotopic (exact) mass is 352 g/mol. The Bertz CT molecular complexity index is 980. The van der Waals surface area contributed by atoms with Gasteiger partial charge in [-0.05, 0) is 11.5 Å². The zero-order valence-electron chi connectivity index (χ0n) is 13.9. The van der Waals surface area contributed by atoms with Gasteiger partial charge >= 0.3 is 0 Å². The molecule has 0 N–H and O–H groups in total. The van der Waals surface area contributed by atoms with Crippen LogP contribution in [-0.4, -0.2) is 25.8 Å². The molecule has 4 bridgehead atoms. The van der Waals surface area contributed by atoms with E-state index in [9.17, 15) is 0 Å². The first-order valence-corrected chi connectivity index (χ1v) is 8.54. The third kappa shape index (κ3) is 1.83. The van der Waals surface area contributed by atoms with Gasteiger partial charge in [-0.25, -0.2) is 0 Å². The van der Waals surface area contributed by atoms with E-state index < -0.39 is 12.6 Å². The van der Waals surface area contributed by atoms with Crippen LogP contribution in [0.15, 0.2) is 48.9 Å². The van der Waals surface area contributed by atoms with Crippen molar-refractivity contribution in [1.82, 2.24) is 0 Å². The first kappa shape index (κ1) is 14.5. The minimum Gasteiger partial charge on any atom is -0.475 e. The molecule has 0 radical (unpaired) electrons. The SMILES string of the molecule is C=C1COC(C2Oc3c2cc2c4cccc2c3OC4C2OCC(=C)O2)O1. The van der Waals surface area contributed by atoms with Gasteiger partial charge < -0.3 is 28.4 Å². The maximum atomic E-state index is 6.27. The maximum absolute atomic E-state index is 6.27. The second kappa shape index (κ2) is 4.93. The normalized spacial score (nSPS) is 31.1. The van der Waals surface area contributed by atoms with Crippen LogP contribution in [0.5, 0.6) is 11.5 Å². The van der Waals surface area contributed by atoms with Crippen LogP contribution in [0.25, 0.3) is 10.8 Å². The Kier molecular flexibility index (Phi) is 2.74. The summed E-state index contributed by atoms with van der Waals surface area (Å²) >= 11 is 0. The second-order valence-electron chi connectivity index (χ2n) is 6.82. The molecule has 2 aromatic rings. The van der Waals surface area contributed by atoms with Crippen molar-refractivity contribution >= 4 is 10.8 Å². The molecule has 4 unspecified atom stereocenters. The predicted octanol–water partition coefficient (Wildman–Crippen LogP) is 3.48. The van der Waals surface area contributed by atoms with Crippen molar-refractivity contribution in [2.45, 2.75) is 24.8 Å². The quantitative estimate of drug-likeness (QED) is 0.825. The highest BCUT2D eigenvalue weighted by atomic mass is 16.7. The Hall–Kier alpha value is -2.70. The minimum absolute atomic E-state index is 0.278. The smallest absolute Gasteiger partial charge is 0.241 e. The summed E-state index contributed by atoms with van der Waals surface area (Å²) in [6, 6.07) is 8.21. The van der Waals surface area contributed by atoms with Crippen LogP contribution in [-0.2, 0) is 18.9 Å². The van der Waals surface area contributed by atoms with Crippen LogP contribution in [0, 0.1) is 0 Å². The number of fused-ring (bicyclic) bond motifs is 2.